The van der Waals surface area contributed by atoms with Crippen molar-refractivity contribution in [1.82, 2.24) is 14.5 Å². The third-order valence-corrected chi connectivity index (χ3v) is 7.76. The first kappa shape index (κ1) is 24.0. The van der Waals surface area contributed by atoms with Crippen molar-refractivity contribution in [1.29, 1.82) is 0 Å². The van der Waals surface area contributed by atoms with Crippen molar-refractivity contribution >= 4 is 15.7 Å². The summed E-state index contributed by atoms with van der Waals surface area (Å²) < 4.78 is 48.2. The lowest BCUT2D eigenvalue weighted by Gasteiger charge is -2.23. The fourth-order valence-electron chi connectivity index (χ4n) is 4.17. The van der Waals surface area contributed by atoms with Gasteiger partial charge < -0.3 is 13.9 Å². The Labute approximate surface area is 209 Å². The lowest BCUT2D eigenvalue weighted by atomic mass is 10.2. The van der Waals surface area contributed by atoms with E-state index >= 15 is 0 Å². The molecular formula is C27H26FN3O4S. The topological polar surface area (TPSA) is 85.4 Å². The minimum Gasteiger partial charge on any atom is -0.467 e. The Morgan fingerprint density at radius 2 is 1.78 bits per heavy atom. The van der Waals surface area contributed by atoms with Gasteiger partial charge in [0.1, 0.15) is 11.6 Å². The number of carbonyl (C=O) groups excluding carboxylic acids is 1. The van der Waals surface area contributed by atoms with Gasteiger partial charge in [-0.2, -0.15) is 0 Å². The Hall–Kier alpha value is -3.72. The second-order valence-electron chi connectivity index (χ2n) is 9.00. The van der Waals surface area contributed by atoms with Crippen molar-refractivity contribution < 1.29 is 22.0 Å². The molecule has 1 aliphatic rings. The summed E-state index contributed by atoms with van der Waals surface area (Å²) in [6, 6.07) is 18.8. The quantitative estimate of drug-likeness (QED) is 0.314. The molecule has 2 aromatic carbocycles. The van der Waals surface area contributed by atoms with Crippen LogP contribution in [-0.4, -0.2) is 28.8 Å². The number of halogens is 1. The van der Waals surface area contributed by atoms with Crippen LogP contribution in [-0.2, 0) is 40.0 Å². The third-order valence-electron chi connectivity index (χ3n) is 6.18. The molecule has 0 spiro atoms. The van der Waals surface area contributed by atoms with Crippen LogP contribution >= 0.6 is 0 Å². The Kier molecular flexibility index (Phi) is 6.73. The number of amides is 1. The highest BCUT2D eigenvalue weighted by molar-refractivity contribution is 7.90. The van der Waals surface area contributed by atoms with Gasteiger partial charge in [-0.3, -0.25) is 4.79 Å². The molecule has 1 amide bonds. The first-order valence-electron chi connectivity index (χ1n) is 11.8. The number of nitrogens with zero attached hydrogens (tertiary/aromatic N) is 3. The van der Waals surface area contributed by atoms with Crippen molar-refractivity contribution in [3.63, 3.8) is 0 Å². The van der Waals surface area contributed by atoms with E-state index in [-0.39, 0.29) is 42.2 Å². The minimum atomic E-state index is -3.99. The van der Waals surface area contributed by atoms with Gasteiger partial charge in [0.15, 0.2) is 0 Å². The average molecular weight is 508 g/mol. The van der Waals surface area contributed by atoms with Crippen molar-refractivity contribution in [3.8, 4) is 0 Å². The summed E-state index contributed by atoms with van der Waals surface area (Å²) in [5.74, 6) is -0.459. The van der Waals surface area contributed by atoms with Gasteiger partial charge in [-0.15, -0.1) is 0 Å². The number of hydrogen-bond donors (Lipinski definition) is 0. The molecule has 0 N–H and O–H groups in total. The van der Waals surface area contributed by atoms with Gasteiger partial charge in [0.25, 0.3) is 0 Å². The number of benzene rings is 2. The molecule has 1 saturated carbocycles. The number of hydrogen-bond acceptors (Lipinski definition) is 5. The molecule has 0 radical (unpaired) electrons. The molecular weight excluding hydrogens is 481 g/mol. The standard InChI is InChI=1S/C27H26FN3O4S/c28-25-11-5-4-9-22(25)19-36(33,34)27-29-15-23(31(27)16-20-7-2-1-3-8-20)17-30(26(32)21-12-13-21)18-24-10-6-14-35-24/h1-11,14-15,21H,12-13,16-19H2. The van der Waals surface area contributed by atoms with Crippen molar-refractivity contribution in [2.45, 2.75) is 43.4 Å². The van der Waals surface area contributed by atoms with Crippen LogP contribution in [0, 0.1) is 11.7 Å². The molecule has 0 saturated heterocycles. The first-order chi connectivity index (χ1) is 17.4. The third kappa shape index (κ3) is 5.41. The summed E-state index contributed by atoms with van der Waals surface area (Å²) in [5, 5.41) is -0.151. The zero-order valence-electron chi connectivity index (χ0n) is 19.6. The fourth-order valence-corrected chi connectivity index (χ4v) is 5.68. The van der Waals surface area contributed by atoms with Gasteiger partial charge >= 0.3 is 0 Å². The Morgan fingerprint density at radius 3 is 2.47 bits per heavy atom. The van der Waals surface area contributed by atoms with E-state index in [2.05, 4.69) is 4.98 Å². The molecule has 1 aliphatic carbocycles. The summed E-state index contributed by atoms with van der Waals surface area (Å²) >= 11 is 0. The normalized spacial score (nSPS) is 13.6. The Bertz CT molecular complexity index is 1450. The van der Waals surface area contributed by atoms with E-state index in [0.29, 0.717) is 11.5 Å². The van der Waals surface area contributed by atoms with Crippen LogP contribution in [0.5, 0.6) is 0 Å². The maximum atomic E-state index is 14.3. The molecule has 0 unspecified atom stereocenters. The molecule has 7 nitrogen and oxygen atoms in total. The number of imidazole rings is 1. The van der Waals surface area contributed by atoms with Gasteiger partial charge in [0.2, 0.25) is 20.9 Å². The van der Waals surface area contributed by atoms with Crippen molar-refractivity contribution in [3.05, 3.63) is 108 Å². The number of carbonyl (C=O) groups is 1. The summed E-state index contributed by atoms with van der Waals surface area (Å²) in [4.78, 5) is 19.0. The maximum Gasteiger partial charge on any atom is 0.228 e. The van der Waals surface area contributed by atoms with E-state index in [1.165, 1.54) is 24.4 Å². The number of aromatic nitrogens is 2. The molecule has 36 heavy (non-hydrogen) atoms. The Balaban J connectivity index is 1.50. The highest BCUT2D eigenvalue weighted by Gasteiger charge is 2.35. The summed E-state index contributed by atoms with van der Waals surface area (Å²) in [6.07, 6.45) is 4.74. The zero-order chi connectivity index (χ0) is 25.1. The fraction of sp³-hybridized carbons (Fsp3) is 0.259. The van der Waals surface area contributed by atoms with Gasteiger partial charge in [-0.1, -0.05) is 48.5 Å². The Morgan fingerprint density at radius 1 is 1.03 bits per heavy atom. The number of furan rings is 1. The predicted molar refractivity (Wildman–Crippen MR) is 131 cm³/mol. The molecule has 0 aliphatic heterocycles. The number of sulfone groups is 1. The van der Waals surface area contributed by atoms with Crippen LogP contribution < -0.4 is 0 Å². The molecule has 9 heteroatoms. The number of rotatable bonds is 10. The zero-order valence-corrected chi connectivity index (χ0v) is 20.4. The molecule has 2 aromatic heterocycles. The smallest absolute Gasteiger partial charge is 0.228 e. The predicted octanol–water partition coefficient (Wildman–Crippen LogP) is 4.58. The van der Waals surface area contributed by atoms with Crippen LogP contribution in [0.15, 0.2) is 88.8 Å². The highest BCUT2D eigenvalue weighted by atomic mass is 32.2. The van der Waals surface area contributed by atoms with E-state index < -0.39 is 21.4 Å². The van der Waals surface area contributed by atoms with Crippen LogP contribution in [0.4, 0.5) is 4.39 Å². The molecule has 5 rings (SSSR count). The molecule has 2 heterocycles. The minimum absolute atomic E-state index is 0.00891. The van der Waals surface area contributed by atoms with E-state index in [1.54, 1.807) is 33.9 Å². The van der Waals surface area contributed by atoms with Gasteiger partial charge in [-0.25, -0.2) is 17.8 Å². The molecule has 186 valence electrons. The lowest BCUT2D eigenvalue weighted by Crippen LogP contribution is -2.32. The SMILES string of the molecule is O=C(C1CC1)N(Cc1ccco1)Cc1cnc(S(=O)(=O)Cc2ccccc2F)n1Cc1ccccc1. The first-order valence-corrected chi connectivity index (χ1v) is 13.4. The van der Waals surface area contributed by atoms with Gasteiger partial charge in [-0.05, 0) is 36.6 Å². The van der Waals surface area contributed by atoms with Crippen molar-refractivity contribution in [2.24, 2.45) is 5.92 Å². The largest absolute Gasteiger partial charge is 0.467 e. The van der Waals surface area contributed by atoms with Crippen LogP contribution in [0.3, 0.4) is 0 Å². The van der Waals surface area contributed by atoms with E-state index in [4.69, 9.17) is 4.42 Å². The van der Waals surface area contributed by atoms with Crippen LogP contribution in [0.1, 0.15) is 35.4 Å². The van der Waals surface area contributed by atoms with Gasteiger partial charge in [0.05, 0.1) is 43.5 Å². The maximum absolute atomic E-state index is 14.3. The summed E-state index contributed by atoms with van der Waals surface area (Å²) in [7, 11) is -3.99. The average Bonchev–Trinajstić information content (AvgIpc) is 3.45. The lowest BCUT2D eigenvalue weighted by molar-refractivity contribution is -0.134. The molecule has 0 atom stereocenters. The second-order valence-corrected chi connectivity index (χ2v) is 10.9. The molecule has 0 bridgehead atoms. The summed E-state index contributed by atoms with van der Waals surface area (Å²) in [5.41, 5.74) is 1.54. The van der Waals surface area contributed by atoms with Crippen molar-refractivity contribution in [2.75, 3.05) is 0 Å². The summed E-state index contributed by atoms with van der Waals surface area (Å²) in [6.45, 7) is 0.690. The van der Waals surface area contributed by atoms with E-state index in [9.17, 15) is 17.6 Å². The van der Waals surface area contributed by atoms with Crippen LogP contribution in [0.25, 0.3) is 0 Å². The molecule has 1 fully saturated rings. The highest BCUT2D eigenvalue weighted by Crippen LogP contribution is 2.32. The monoisotopic (exact) mass is 507 g/mol. The van der Waals surface area contributed by atoms with Gasteiger partial charge in [0, 0.05) is 11.5 Å². The van der Waals surface area contributed by atoms with E-state index in [0.717, 1.165) is 18.4 Å². The second kappa shape index (κ2) is 10.1. The van der Waals surface area contributed by atoms with Crippen LogP contribution in [0.2, 0.25) is 0 Å². The van der Waals surface area contributed by atoms with E-state index in [1.807, 2.05) is 30.3 Å². The molecule has 4 aromatic rings.